The molecule has 150 valence electrons. The predicted molar refractivity (Wildman–Crippen MR) is 110 cm³/mol. The lowest BCUT2D eigenvalue weighted by Gasteiger charge is -2.24. The number of amides is 1. The predicted octanol–water partition coefficient (Wildman–Crippen LogP) is 3.34. The normalized spacial score (nSPS) is 14.8. The first-order chi connectivity index (χ1) is 13.2. The summed E-state index contributed by atoms with van der Waals surface area (Å²) in [5, 5.41) is 0.601. The van der Waals surface area contributed by atoms with Gasteiger partial charge < -0.3 is 9.64 Å². The number of anilines is 1. The molecule has 2 aromatic carbocycles. The van der Waals surface area contributed by atoms with Crippen LogP contribution in [0, 0.1) is 0 Å². The highest BCUT2D eigenvalue weighted by Crippen LogP contribution is 2.32. The van der Waals surface area contributed by atoms with Crippen molar-refractivity contribution in [2.24, 2.45) is 0 Å². The first-order valence-electron chi connectivity index (χ1n) is 9.03. The molecule has 1 heterocycles. The summed E-state index contributed by atoms with van der Waals surface area (Å²) >= 11 is 5.89. The van der Waals surface area contributed by atoms with Crippen molar-refractivity contribution in [3.8, 4) is 5.75 Å². The highest BCUT2D eigenvalue weighted by Gasteiger charge is 2.31. The van der Waals surface area contributed by atoms with E-state index in [2.05, 4.69) is 0 Å². The maximum absolute atomic E-state index is 13.0. The molecule has 2 aromatic rings. The van der Waals surface area contributed by atoms with Gasteiger partial charge in [-0.1, -0.05) is 18.5 Å². The molecule has 0 saturated carbocycles. The van der Waals surface area contributed by atoms with Gasteiger partial charge in [0, 0.05) is 31.4 Å². The number of ether oxygens (including phenoxy) is 1. The van der Waals surface area contributed by atoms with E-state index in [9.17, 15) is 13.2 Å². The highest BCUT2D eigenvalue weighted by atomic mass is 35.5. The Labute approximate surface area is 170 Å². The number of rotatable bonds is 6. The summed E-state index contributed by atoms with van der Waals surface area (Å²) in [5.41, 5.74) is 1.58. The molecular formula is C20H23ClN2O4S. The minimum Gasteiger partial charge on any atom is -0.481 e. The van der Waals surface area contributed by atoms with Gasteiger partial charge in [0.2, 0.25) is 10.0 Å². The maximum atomic E-state index is 13.0. The van der Waals surface area contributed by atoms with Crippen molar-refractivity contribution >= 4 is 33.2 Å². The summed E-state index contributed by atoms with van der Waals surface area (Å²) in [6.07, 6.45) is 0.493. The van der Waals surface area contributed by atoms with E-state index in [1.165, 1.54) is 18.4 Å². The zero-order valence-corrected chi connectivity index (χ0v) is 17.6. The van der Waals surface area contributed by atoms with Crippen LogP contribution in [-0.2, 0) is 21.2 Å². The molecule has 6 nitrogen and oxygen atoms in total. The van der Waals surface area contributed by atoms with E-state index >= 15 is 0 Å². The van der Waals surface area contributed by atoms with Crippen molar-refractivity contribution in [2.45, 2.75) is 30.8 Å². The third kappa shape index (κ3) is 4.01. The van der Waals surface area contributed by atoms with E-state index in [1.54, 1.807) is 47.4 Å². The van der Waals surface area contributed by atoms with Gasteiger partial charge in [-0.05, 0) is 60.9 Å². The summed E-state index contributed by atoms with van der Waals surface area (Å²) in [6, 6.07) is 11.8. The van der Waals surface area contributed by atoms with Gasteiger partial charge in [0.1, 0.15) is 5.75 Å². The number of nitrogens with zero attached hydrogens (tertiary/aromatic N) is 2. The van der Waals surface area contributed by atoms with Crippen LogP contribution in [0.4, 0.5) is 5.69 Å². The van der Waals surface area contributed by atoms with Gasteiger partial charge in [-0.2, -0.15) is 0 Å². The van der Waals surface area contributed by atoms with Crippen molar-refractivity contribution in [1.82, 2.24) is 4.31 Å². The summed E-state index contributed by atoms with van der Waals surface area (Å²) in [5.74, 6) is 0.441. The van der Waals surface area contributed by atoms with Crippen molar-refractivity contribution in [2.75, 3.05) is 25.5 Å². The summed E-state index contributed by atoms with van der Waals surface area (Å²) in [7, 11) is -0.510. The Morgan fingerprint density at radius 2 is 1.89 bits per heavy atom. The number of carbonyl (C=O) groups is 1. The maximum Gasteiger partial charge on any atom is 0.268 e. The van der Waals surface area contributed by atoms with Crippen LogP contribution in [0.2, 0.25) is 5.02 Å². The lowest BCUT2D eigenvalue weighted by Crippen LogP contribution is -2.41. The fourth-order valence-corrected chi connectivity index (χ4v) is 4.22. The van der Waals surface area contributed by atoms with E-state index in [0.29, 0.717) is 30.2 Å². The van der Waals surface area contributed by atoms with Gasteiger partial charge in [0.25, 0.3) is 5.91 Å². The Morgan fingerprint density at radius 3 is 2.50 bits per heavy atom. The average molecular weight is 423 g/mol. The Bertz CT molecular complexity index is 974. The fourth-order valence-electron chi connectivity index (χ4n) is 3.14. The second kappa shape index (κ2) is 8.11. The number of sulfonamides is 1. The molecule has 0 aromatic heterocycles. The van der Waals surface area contributed by atoms with E-state index < -0.39 is 16.1 Å². The number of benzene rings is 2. The molecule has 0 spiro atoms. The quantitative estimate of drug-likeness (QED) is 0.716. The number of fused-ring (bicyclic) bond motifs is 1. The van der Waals surface area contributed by atoms with Crippen LogP contribution in [0.5, 0.6) is 5.75 Å². The molecule has 1 aliphatic heterocycles. The molecular weight excluding hydrogens is 400 g/mol. The number of halogens is 1. The number of hydrogen-bond acceptors (Lipinski definition) is 4. The minimum atomic E-state index is -3.51. The summed E-state index contributed by atoms with van der Waals surface area (Å²) in [6.45, 7) is 2.39. The van der Waals surface area contributed by atoms with Crippen molar-refractivity contribution in [1.29, 1.82) is 0 Å². The van der Waals surface area contributed by atoms with Crippen LogP contribution in [0.15, 0.2) is 47.4 Å². The monoisotopic (exact) mass is 422 g/mol. The van der Waals surface area contributed by atoms with Gasteiger partial charge in [-0.25, -0.2) is 12.7 Å². The standard InChI is InChI=1S/C20H23ClN2O4S/c1-4-19(27-16-7-5-15(21)6-8-16)20(24)23-12-11-14-13-17(9-10-18(14)23)28(25,26)22(2)3/h5-10,13,19H,4,11-12H2,1-3H3. The van der Waals surface area contributed by atoms with Gasteiger partial charge in [0.05, 0.1) is 4.90 Å². The second-order valence-electron chi connectivity index (χ2n) is 6.79. The van der Waals surface area contributed by atoms with Crippen LogP contribution in [0.25, 0.3) is 0 Å². The molecule has 0 N–H and O–H groups in total. The zero-order valence-electron chi connectivity index (χ0n) is 16.1. The van der Waals surface area contributed by atoms with E-state index in [-0.39, 0.29) is 10.8 Å². The molecule has 0 radical (unpaired) electrons. The second-order valence-corrected chi connectivity index (χ2v) is 9.37. The first kappa shape index (κ1) is 20.6. The van der Waals surface area contributed by atoms with Crippen molar-refractivity contribution < 1.29 is 17.9 Å². The molecule has 0 fully saturated rings. The van der Waals surface area contributed by atoms with Crippen LogP contribution in [0.1, 0.15) is 18.9 Å². The van der Waals surface area contributed by atoms with Crippen LogP contribution in [0.3, 0.4) is 0 Å². The molecule has 1 atom stereocenters. The Hall–Kier alpha value is -2.09. The first-order valence-corrected chi connectivity index (χ1v) is 10.8. The topological polar surface area (TPSA) is 66.9 Å². The molecule has 0 saturated heterocycles. The lowest BCUT2D eigenvalue weighted by molar-refractivity contribution is -0.125. The molecule has 28 heavy (non-hydrogen) atoms. The Morgan fingerprint density at radius 1 is 1.21 bits per heavy atom. The zero-order chi connectivity index (χ0) is 20.5. The molecule has 1 amide bonds. The van der Waals surface area contributed by atoms with Crippen molar-refractivity contribution in [3.05, 3.63) is 53.1 Å². The van der Waals surface area contributed by atoms with E-state index in [4.69, 9.17) is 16.3 Å². The number of hydrogen-bond donors (Lipinski definition) is 0. The lowest BCUT2D eigenvalue weighted by atomic mass is 10.1. The highest BCUT2D eigenvalue weighted by molar-refractivity contribution is 7.89. The number of carbonyl (C=O) groups excluding carboxylic acids is 1. The van der Waals surface area contributed by atoms with Crippen LogP contribution >= 0.6 is 11.6 Å². The summed E-state index contributed by atoms with van der Waals surface area (Å²) < 4.78 is 31.7. The SMILES string of the molecule is CCC(Oc1ccc(Cl)cc1)C(=O)N1CCc2cc(S(=O)(=O)N(C)C)ccc21. The summed E-state index contributed by atoms with van der Waals surface area (Å²) in [4.78, 5) is 15.0. The fraction of sp³-hybridized carbons (Fsp3) is 0.350. The molecule has 0 bridgehead atoms. The molecule has 8 heteroatoms. The minimum absolute atomic E-state index is 0.139. The third-order valence-electron chi connectivity index (χ3n) is 4.73. The smallest absolute Gasteiger partial charge is 0.268 e. The third-order valence-corrected chi connectivity index (χ3v) is 6.79. The Balaban J connectivity index is 1.82. The molecule has 1 unspecified atom stereocenters. The van der Waals surface area contributed by atoms with Crippen molar-refractivity contribution in [3.63, 3.8) is 0 Å². The largest absolute Gasteiger partial charge is 0.481 e. The van der Waals surface area contributed by atoms with E-state index in [1.807, 2.05) is 6.92 Å². The van der Waals surface area contributed by atoms with Gasteiger partial charge in [0.15, 0.2) is 6.10 Å². The molecule has 0 aliphatic carbocycles. The Kier molecular flexibility index (Phi) is 5.98. The van der Waals surface area contributed by atoms with Gasteiger partial charge in [-0.15, -0.1) is 0 Å². The van der Waals surface area contributed by atoms with Crippen LogP contribution < -0.4 is 9.64 Å². The molecule has 3 rings (SSSR count). The van der Waals surface area contributed by atoms with Crippen LogP contribution in [-0.4, -0.2) is 45.4 Å². The molecule has 1 aliphatic rings. The average Bonchev–Trinajstić information content (AvgIpc) is 3.10. The van der Waals surface area contributed by atoms with Gasteiger partial charge in [-0.3, -0.25) is 4.79 Å². The van der Waals surface area contributed by atoms with Gasteiger partial charge >= 0.3 is 0 Å². The van der Waals surface area contributed by atoms with E-state index in [0.717, 1.165) is 11.3 Å².